The van der Waals surface area contributed by atoms with Crippen molar-refractivity contribution in [3.63, 3.8) is 0 Å². The van der Waals surface area contributed by atoms with Gasteiger partial charge in [-0.25, -0.2) is 4.98 Å². The second-order valence-electron chi connectivity index (χ2n) is 7.47. The minimum absolute atomic E-state index is 0.387. The molecule has 0 aliphatic heterocycles. The molecule has 4 nitrogen and oxygen atoms in total. The van der Waals surface area contributed by atoms with Crippen molar-refractivity contribution in [3.8, 4) is 0 Å². The topological polar surface area (TPSA) is 66.5 Å². The smallest absolute Gasteiger partial charge is 0.255 e. The van der Waals surface area contributed by atoms with Gasteiger partial charge in [0.05, 0.1) is 12.3 Å². The van der Waals surface area contributed by atoms with Gasteiger partial charge >= 0.3 is 0 Å². The molecule has 2 atom stereocenters. The van der Waals surface area contributed by atoms with Crippen LogP contribution in [0.3, 0.4) is 0 Å². The molecule has 1 heterocycles. The van der Waals surface area contributed by atoms with Crippen LogP contribution in [0.1, 0.15) is 29.1 Å². The minimum atomic E-state index is -0.892. The second-order valence-corrected chi connectivity index (χ2v) is 8.44. The zero-order valence-corrected chi connectivity index (χ0v) is 17.5. The van der Waals surface area contributed by atoms with E-state index in [1.807, 2.05) is 78.9 Å². The van der Waals surface area contributed by atoms with Crippen LogP contribution in [0, 0.1) is 0 Å². The molecule has 0 fully saturated rings. The van der Waals surface area contributed by atoms with Gasteiger partial charge in [-0.2, -0.15) is 0 Å². The number of thioether (sulfide) groups is 1. The highest BCUT2D eigenvalue weighted by atomic mass is 32.2. The van der Waals surface area contributed by atoms with Crippen LogP contribution in [0.2, 0.25) is 0 Å². The summed E-state index contributed by atoms with van der Waals surface area (Å²) in [5.74, 6) is 0.794. The molecular weight excluding hydrogens is 406 g/mol. The lowest BCUT2D eigenvalue weighted by Crippen LogP contribution is -2.00. The molecule has 31 heavy (non-hydrogen) atoms. The van der Waals surface area contributed by atoms with Gasteiger partial charge in [0.15, 0.2) is 5.76 Å². The number of hydrogen-bond donors (Lipinski definition) is 2. The molecule has 0 radical (unpaired) electrons. The van der Waals surface area contributed by atoms with Crippen molar-refractivity contribution in [2.45, 2.75) is 17.4 Å². The van der Waals surface area contributed by atoms with Crippen molar-refractivity contribution in [2.75, 3.05) is 5.75 Å². The molecule has 1 aromatic heterocycles. The fourth-order valence-electron chi connectivity index (χ4n) is 3.67. The molecule has 0 saturated heterocycles. The fraction of sp³-hybridized carbons (Fsp3) is 0.115. The van der Waals surface area contributed by atoms with E-state index in [1.54, 1.807) is 6.20 Å². The number of oxazole rings is 1. The molecule has 5 aromatic rings. The van der Waals surface area contributed by atoms with Crippen LogP contribution in [0.5, 0.6) is 0 Å². The Morgan fingerprint density at radius 2 is 1.32 bits per heavy atom. The van der Waals surface area contributed by atoms with Crippen LogP contribution in [-0.2, 0) is 0 Å². The van der Waals surface area contributed by atoms with E-state index in [9.17, 15) is 10.2 Å². The predicted octanol–water partition coefficient (Wildman–Crippen LogP) is 5.89. The second kappa shape index (κ2) is 8.55. The third-order valence-corrected chi connectivity index (χ3v) is 6.30. The van der Waals surface area contributed by atoms with Crippen molar-refractivity contribution < 1.29 is 14.6 Å². The number of nitrogens with zero attached hydrogens (tertiary/aromatic N) is 1. The molecule has 2 N–H and O–H groups in total. The van der Waals surface area contributed by atoms with Crippen LogP contribution in [0.25, 0.3) is 21.5 Å². The van der Waals surface area contributed by atoms with Gasteiger partial charge in [-0.15, -0.1) is 0 Å². The van der Waals surface area contributed by atoms with E-state index in [0.29, 0.717) is 16.7 Å². The molecule has 4 aromatic carbocycles. The zero-order valence-electron chi connectivity index (χ0n) is 16.7. The molecule has 0 spiro atoms. The maximum atomic E-state index is 10.7. The standard InChI is InChI=1S/C26H21NO3S/c28-23(21-11-9-17-5-1-3-7-19(17)13-21)16-31-26-27-15-24(30-26)25(29)22-12-10-18-6-2-4-8-20(18)14-22/h1-15,23,25,28-29H,16H2. The predicted molar refractivity (Wildman–Crippen MR) is 124 cm³/mol. The van der Waals surface area contributed by atoms with E-state index < -0.39 is 12.2 Å². The maximum Gasteiger partial charge on any atom is 0.255 e. The number of aliphatic hydroxyl groups is 2. The molecule has 154 valence electrons. The highest BCUT2D eigenvalue weighted by molar-refractivity contribution is 7.99. The van der Waals surface area contributed by atoms with Gasteiger partial charge in [0.1, 0.15) is 6.10 Å². The van der Waals surface area contributed by atoms with Gasteiger partial charge in [-0.05, 0) is 44.8 Å². The zero-order chi connectivity index (χ0) is 21.2. The van der Waals surface area contributed by atoms with Crippen molar-refractivity contribution in [2.24, 2.45) is 0 Å². The molecule has 5 heteroatoms. The van der Waals surface area contributed by atoms with E-state index in [-0.39, 0.29) is 0 Å². The van der Waals surface area contributed by atoms with E-state index in [2.05, 4.69) is 11.1 Å². The van der Waals surface area contributed by atoms with Gasteiger partial charge in [0, 0.05) is 5.75 Å². The summed E-state index contributed by atoms with van der Waals surface area (Å²) in [6.45, 7) is 0. The largest absolute Gasteiger partial charge is 0.433 e. The number of hydrogen-bond acceptors (Lipinski definition) is 5. The summed E-state index contributed by atoms with van der Waals surface area (Å²) in [6.07, 6.45) is 0.0113. The lowest BCUT2D eigenvalue weighted by Gasteiger charge is -2.11. The van der Waals surface area contributed by atoms with Crippen molar-refractivity contribution in [1.29, 1.82) is 0 Å². The van der Waals surface area contributed by atoms with Gasteiger partial charge in [0.2, 0.25) is 0 Å². The van der Waals surface area contributed by atoms with Gasteiger partial charge in [-0.1, -0.05) is 84.6 Å². The summed E-state index contributed by atoms with van der Waals surface area (Å²) in [5.41, 5.74) is 1.61. The van der Waals surface area contributed by atoms with E-state index in [4.69, 9.17) is 4.42 Å². The summed E-state index contributed by atoms with van der Waals surface area (Å²) in [6, 6.07) is 27.9. The number of rotatable bonds is 6. The fourth-order valence-corrected chi connectivity index (χ4v) is 4.44. The van der Waals surface area contributed by atoms with Crippen molar-refractivity contribution in [3.05, 3.63) is 108 Å². The summed E-state index contributed by atoms with van der Waals surface area (Å²) in [5, 5.41) is 26.2. The van der Waals surface area contributed by atoms with Crippen LogP contribution in [0.4, 0.5) is 0 Å². The number of aliphatic hydroxyl groups excluding tert-OH is 2. The Morgan fingerprint density at radius 3 is 2.00 bits per heavy atom. The SMILES string of the molecule is OC(CSc1ncc(C(O)c2ccc3ccccc3c2)o1)c1ccc2ccccc2c1. The Morgan fingerprint density at radius 1 is 0.742 bits per heavy atom. The Hall–Kier alpha value is -3.12. The average Bonchev–Trinajstić information content (AvgIpc) is 3.30. The Bertz CT molecular complexity index is 1350. The number of aromatic nitrogens is 1. The van der Waals surface area contributed by atoms with Crippen molar-refractivity contribution >= 4 is 33.3 Å². The molecule has 0 saturated carbocycles. The van der Waals surface area contributed by atoms with Gasteiger partial charge in [0.25, 0.3) is 5.22 Å². The average molecular weight is 428 g/mol. The van der Waals surface area contributed by atoms with Crippen molar-refractivity contribution in [1.82, 2.24) is 4.98 Å². The summed E-state index contributed by atoms with van der Waals surface area (Å²) in [7, 11) is 0. The van der Waals surface area contributed by atoms with Gasteiger partial charge < -0.3 is 14.6 Å². The number of benzene rings is 4. The Labute approximate surface area is 184 Å². The Balaban J connectivity index is 1.27. The first-order valence-corrected chi connectivity index (χ1v) is 11.1. The molecule has 5 rings (SSSR count). The highest BCUT2D eigenvalue weighted by Gasteiger charge is 2.18. The van der Waals surface area contributed by atoms with E-state index >= 15 is 0 Å². The first-order chi connectivity index (χ1) is 15.2. The third kappa shape index (κ3) is 4.21. The molecular formula is C26H21NO3S. The lowest BCUT2D eigenvalue weighted by molar-refractivity contribution is 0.181. The minimum Gasteiger partial charge on any atom is -0.433 e. The summed E-state index contributed by atoms with van der Waals surface area (Å²) in [4.78, 5) is 4.27. The quantitative estimate of drug-likeness (QED) is 0.331. The maximum absolute atomic E-state index is 10.7. The monoisotopic (exact) mass is 427 g/mol. The third-order valence-electron chi connectivity index (χ3n) is 5.38. The van der Waals surface area contributed by atoms with Crippen LogP contribution >= 0.6 is 11.8 Å². The highest BCUT2D eigenvalue weighted by Crippen LogP contribution is 2.30. The Kier molecular flexibility index (Phi) is 5.47. The van der Waals surface area contributed by atoms with Gasteiger partial charge in [-0.3, -0.25) is 0 Å². The first-order valence-electron chi connectivity index (χ1n) is 10.1. The summed E-state index contributed by atoms with van der Waals surface area (Å²) < 4.78 is 5.76. The van der Waals surface area contributed by atoms with E-state index in [1.165, 1.54) is 11.8 Å². The number of fused-ring (bicyclic) bond motifs is 2. The summed E-state index contributed by atoms with van der Waals surface area (Å²) >= 11 is 1.33. The van der Waals surface area contributed by atoms with E-state index in [0.717, 1.165) is 32.7 Å². The first kappa shape index (κ1) is 19.8. The van der Waals surface area contributed by atoms with Crippen LogP contribution in [-0.4, -0.2) is 20.9 Å². The van der Waals surface area contributed by atoms with Crippen LogP contribution < -0.4 is 0 Å². The molecule has 0 aliphatic rings. The lowest BCUT2D eigenvalue weighted by atomic mass is 10.0. The molecule has 0 aliphatic carbocycles. The normalized spacial score (nSPS) is 13.5. The molecule has 2 unspecified atom stereocenters. The molecule has 0 amide bonds. The van der Waals surface area contributed by atoms with Crippen LogP contribution in [0.15, 0.2) is 101 Å². The molecule has 0 bridgehead atoms.